The summed E-state index contributed by atoms with van der Waals surface area (Å²) in [5, 5.41) is 4.00. The van der Waals surface area contributed by atoms with Gasteiger partial charge in [-0.15, -0.1) is 0 Å². The molecule has 0 aliphatic heterocycles. The van der Waals surface area contributed by atoms with Crippen molar-refractivity contribution < 1.29 is 9.53 Å². The maximum absolute atomic E-state index is 10.9. The third kappa shape index (κ3) is 4.52. The highest BCUT2D eigenvalue weighted by atomic mass is 16.5. The van der Waals surface area contributed by atoms with Gasteiger partial charge in [-0.05, 0) is 36.6 Å². The van der Waals surface area contributed by atoms with E-state index in [-0.39, 0.29) is 5.91 Å². The third-order valence-electron chi connectivity index (χ3n) is 3.52. The smallest absolute Gasteiger partial charge is 0.216 e. The molecule has 1 aromatic heterocycles. The molecule has 0 aliphatic carbocycles. The van der Waals surface area contributed by atoms with Crippen molar-refractivity contribution >= 4 is 16.8 Å². The molecule has 4 nitrogen and oxygen atoms in total. The molecule has 0 radical (unpaired) electrons. The van der Waals surface area contributed by atoms with Gasteiger partial charge in [-0.25, -0.2) is 0 Å². The topological polar surface area (TPSA) is 54.1 Å². The van der Waals surface area contributed by atoms with Crippen LogP contribution in [0.15, 0.2) is 24.4 Å². The lowest BCUT2D eigenvalue weighted by Crippen LogP contribution is -2.22. The van der Waals surface area contributed by atoms with Crippen molar-refractivity contribution in [2.24, 2.45) is 0 Å². The van der Waals surface area contributed by atoms with E-state index in [1.54, 1.807) is 0 Å². The molecule has 1 amide bonds. The molecule has 2 N–H and O–H groups in total. The minimum Gasteiger partial charge on any atom is -0.494 e. The predicted octanol–water partition coefficient (Wildman–Crippen LogP) is 3.42. The van der Waals surface area contributed by atoms with Crippen molar-refractivity contribution in [3.63, 3.8) is 0 Å². The molecule has 0 saturated carbocycles. The molecule has 0 saturated heterocycles. The normalized spacial score (nSPS) is 10.8. The van der Waals surface area contributed by atoms with Crippen LogP contribution in [-0.2, 0) is 11.2 Å². The highest BCUT2D eigenvalue weighted by molar-refractivity contribution is 5.84. The summed E-state index contributed by atoms with van der Waals surface area (Å²) in [5.41, 5.74) is 2.31. The van der Waals surface area contributed by atoms with Crippen molar-refractivity contribution in [1.29, 1.82) is 0 Å². The Balaban J connectivity index is 2.00. The van der Waals surface area contributed by atoms with Gasteiger partial charge in [0.15, 0.2) is 0 Å². The van der Waals surface area contributed by atoms with Crippen molar-refractivity contribution in [2.45, 2.75) is 39.5 Å². The van der Waals surface area contributed by atoms with E-state index in [1.165, 1.54) is 30.7 Å². The monoisotopic (exact) mass is 288 g/mol. The highest BCUT2D eigenvalue weighted by Crippen LogP contribution is 2.24. The van der Waals surface area contributed by atoms with Gasteiger partial charge in [-0.3, -0.25) is 4.79 Å². The summed E-state index contributed by atoms with van der Waals surface area (Å²) in [6.45, 7) is 5.15. The highest BCUT2D eigenvalue weighted by Gasteiger charge is 2.05. The zero-order valence-corrected chi connectivity index (χ0v) is 12.9. The van der Waals surface area contributed by atoms with Crippen LogP contribution in [0.1, 0.15) is 38.7 Å². The lowest BCUT2D eigenvalue weighted by Gasteiger charge is -2.06. The quantitative estimate of drug-likeness (QED) is 0.731. The number of H-pyrrole nitrogens is 1. The number of rotatable bonds is 8. The predicted molar refractivity (Wildman–Crippen MR) is 85.7 cm³/mol. The summed E-state index contributed by atoms with van der Waals surface area (Å²) in [6.07, 6.45) is 6.32. The molecule has 1 aromatic carbocycles. The molecule has 114 valence electrons. The van der Waals surface area contributed by atoms with E-state index < -0.39 is 0 Å². The SMILES string of the molecule is CCCCCOc1ccc2[nH]cc(CCNC(C)=O)c2c1. The summed E-state index contributed by atoms with van der Waals surface area (Å²) in [5.74, 6) is 0.925. The molecule has 0 aliphatic rings. The zero-order chi connectivity index (χ0) is 15.1. The number of ether oxygens (including phenoxy) is 1. The number of aromatic nitrogens is 1. The molecule has 0 bridgehead atoms. The van der Waals surface area contributed by atoms with Crippen LogP contribution in [0.2, 0.25) is 0 Å². The largest absolute Gasteiger partial charge is 0.494 e. The summed E-state index contributed by atoms with van der Waals surface area (Å²) >= 11 is 0. The number of carbonyl (C=O) groups is 1. The minimum atomic E-state index is 0.00906. The number of carbonyl (C=O) groups excluding carboxylic acids is 1. The fraction of sp³-hybridized carbons (Fsp3) is 0.471. The van der Waals surface area contributed by atoms with Crippen LogP contribution in [0.5, 0.6) is 5.75 Å². The van der Waals surface area contributed by atoms with E-state index in [0.29, 0.717) is 6.54 Å². The lowest BCUT2D eigenvalue weighted by atomic mass is 10.1. The molecular weight excluding hydrogens is 264 g/mol. The average molecular weight is 288 g/mol. The maximum atomic E-state index is 10.9. The number of benzene rings is 1. The van der Waals surface area contributed by atoms with Crippen LogP contribution in [0.25, 0.3) is 10.9 Å². The van der Waals surface area contributed by atoms with E-state index in [0.717, 1.165) is 30.7 Å². The van der Waals surface area contributed by atoms with Crippen molar-refractivity contribution in [1.82, 2.24) is 10.3 Å². The van der Waals surface area contributed by atoms with Gasteiger partial charge < -0.3 is 15.0 Å². The molecule has 0 fully saturated rings. The Bertz CT molecular complexity index is 589. The van der Waals surface area contributed by atoms with Crippen molar-refractivity contribution in [2.75, 3.05) is 13.2 Å². The first-order chi connectivity index (χ1) is 10.2. The van der Waals surface area contributed by atoms with Crippen LogP contribution in [0.4, 0.5) is 0 Å². The Morgan fingerprint density at radius 3 is 2.95 bits per heavy atom. The van der Waals surface area contributed by atoms with Gasteiger partial charge in [0.05, 0.1) is 6.61 Å². The summed E-state index contributed by atoms with van der Waals surface area (Å²) in [4.78, 5) is 14.2. The van der Waals surface area contributed by atoms with Gasteiger partial charge in [-0.2, -0.15) is 0 Å². The van der Waals surface area contributed by atoms with Crippen molar-refractivity contribution in [3.05, 3.63) is 30.0 Å². The maximum Gasteiger partial charge on any atom is 0.216 e. The molecule has 4 heteroatoms. The fourth-order valence-corrected chi connectivity index (χ4v) is 2.37. The van der Waals surface area contributed by atoms with E-state index in [9.17, 15) is 4.79 Å². The first kappa shape index (κ1) is 15.4. The van der Waals surface area contributed by atoms with E-state index in [4.69, 9.17) is 4.74 Å². The lowest BCUT2D eigenvalue weighted by molar-refractivity contribution is -0.118. The number of fused-ring (bicyclic) bond motifs is 1. The van der Waals surface area contributed by atoms with Crippen LogP contribution in [0, 0.1) is 0 Å². The van der Waals surface area contributed by atoms with Gasteiger partial charge in [0.25, 0.3) is 0 Å². The molecule has 0 spiro atoms. The Labute approximate surface area is 125 Å². The van der Waals surface area contributed by atoms with Gasteiger partial charge in [-0.1, -0.05) is 19.8 Å². The average Bonchev–Trinajstić information content (AvgIpc) is 2.86. The number of hydrogen-bond donors (Lipinski definition) is 2. The van der Waals surface area contributed by atoms with Crippen LogP contribution < -0.4 is 10.1 Å². The standard InChI is InChI=1S/C17H24N2O2/c1-3-4-5-10-21-15-6-7-17-16(11-15)14(12-19-17)8-9-18-13(2)20/h6-7,11-12,19H,3-5,8-10H2,1-2H3,(H,18,20). The van der Waals surface area contributed by atoms with Gasteiger partial charge in [0.2, 0.25) is 5.91 Å². The second-order valence-corrected chi connectivity index (χ2v) is 5.31. The Hall–Kier alpha value is -1.97. The van der Waals surface area contributed by atoms with Gasteiger partial charge in [0, 0.05) is 30.6 Å². The molecular formula is C17H24N2O2. The second kappa shape index (κ2) is 7.72. The summed E-state index contributed by atoms with van der Waals surface area (Å²) in [7, 11) is 0. The third-order valence-corrected chi connectivity index (χ3v) is 3.52. The number of aromatic amines is 1. The zero-order valence-electron chi connectivity index (χ0n) is 12.9. The minimum absolute atomic E-state index is 0.00906. The summed E-state index contributed by atoms with van der Waals surface area (Å²) in [6, 6.07) is 6.13. The molecule has 2 rings (SSSR count). The number of amides is 1. The molecule has 2 aromatic rings. The molecule has 21 heavy (non-hydrogen) atoms. The Kier molecular flexibility index (Phi) is 5.67. The Morgan fingerprint density at radius 2 is 2.19 bits per heavy atom. The molecule has 1 heterocycles. The molecule has 0 atom stereocenters. The fourth-order valence-electron chi connectivity index (χ4n) is 2.37. The van der Waals surface area contributed by atoms with E-state index in [2.05, 4.69) is 23.3 Å². The summed E-state index contributed by atoms with van der Waals surface area (Å²) < 4.78 is 5.80. The van der Waals surface area contributed by atoms with Crippen molar-refractivity contribution in [3.8, 4) is 5.75 Å². The molecule has 0 unspecified atom stereocenters. The number of nitrogens with one attached hydrogen (secondary N) is 2. The number of unbranched alkanes of at least 4 members (excludes halogenated alkanes) is 2. The first-order valence-corrected chi connectivity index (χ1v) is 7.68. The van der Waals surface area contributed by atoms with E-state index in [1.807, 2.05) is 18.3 Å². The van der Waals surface area contributed by atoms with E-state index >= 15 is 0 Å². The van der Waals surface area contributed by atoms with Gasteiger partial charge >= 0.3 is 0 Å². The van der Waals surface area contributed by atoms with Crippen LogP contribution >= 0.6 is 0 Å². The van der Waals surface area contributed by atoms with Gasteiger partial charge in [0.1, 0.15) is 5.75 Å². The second-order valence-electron chi connectivity index (χ2n) is 5.31. The number of hydrogen-bond acceptors (Lipinski definition) is 2. The first-order valence-electron chi connectivity index (χ1n) is 7.68. The van der Waals surface area contributed by atoms with Crippen LogP contribution in [0.3, 0.4) is 0 Å². The van der Waals surface area contributed by atoms with Crippen LogP contribution in [-0.4, -0.2) is 24.0 Å². The Morgan fingerprint density at radius 1 is 1.33 bits per heavy atom.